The number of rotatable bonds is 5. The first-order valence-electron chi connectivity index (χ1n) is 9.66. The van der Waals surface area contributed by atoms with E-state index in [4.69, 9.17) is 4.74 Å². The van der Waals surface area contributed by atoms with Crippen LogP contribution in [0.4, 0.5) is 5.69 Å². The van der Waals surface area contributed by atoms with Crippen LogP contribution in [0.25, 0.3) is 6.08 Å². The molecule has 5 nitrogen and oxygen atoms in total. The predicted octanol–water partition coefficient (Wildman–Crippen LogP) is 3.41. The normalized spacial score (nSPS) is 18.6. The highest BCUT2D eigenvalue weighted by molar-refractivity contribution is 6.01. The van der Waals surface area contributed by atoms with Crippen LogP contribution in [-0.4, -0.2) is 25.2 Å². The second kappa shape index (κ2) is 8.28. The molecule has 1 unspecified atom stereocenters. The van der Waals surface area contributed by atoms with Crippen molar-refractivity contribution >= 4 is 17.7 Å². The van der Waals surface area contributed by atoms with Gasteiger partial charge in [-0.25, -0.2) is 0 Å². The fraction of sp³-hybridized carbons (Fsp3) is 0.304. The van der Waals surface area contributed by atoms with Crippen molar-refractivity contribution in [3.8, 4) is 6.07 Å². The molecule has 2 aromatic carbocycles. The van der Waals surface area contributed by atoms with Gasteiger partial charge in [0.1, 0.15) is 11.6 Å². The number of anilines is 1. The number of hydrogen-bond donors (Lipinski definition) is 1. The van der Waals surface area contributed by atoms with Crippen LogP contribution in [-0.2, 0) is 22.6 Å². The van der Waals surface area contributed by atoms with Gasteiger partial charge in [0, 0.05) is 31.9 Å². The van der Waals surface area contributed by atoms with Crippen molar-refractivity contribution in [3.63, 3.8) is 0 Å². The van der Waals surface area contributed by atoms with Crippen LogP contribution in [0.1, 0.15) is 29.5 Å². The maximum atomic E-state index is 12.3. The van der Waals surface area contributed by atoms with Crippen LogP contribution in [0.15, 0.2) is 54.1 Å². The van der Waals surface area contributed by atoms with Gasteiger partial charge in [-0.2, -0.15) is 5.26 Å². The second-order valence-electron chi connectivity index (χ2n) is 7.23. The van der Waals surface area contributed by atoms with E-state index in [1.165, 1.54) is 11.1 Å². The molecule has 2 heterocycles. The molecular weight excluding hydrogens is 350 g/mol. The number of ether oxygens (including phenoxy) is 1. The Labute approximate surface area is 165 Å². The van der Waals surface area contributed by atoms with Gasteiger partial charge < -0.3 is 15.0 Å². The molecule has 142 valence electrons. The molecule has 1 atom stereocenters. The third-order valence-corrected chi connectivity index (χ3v) is 5.29. The molecule has 1 saturated heterocycles. The minimum atomic E-state index is -0.350. The van der Waals surface area contributed by atoms with Crippen molar-refractivity contribution in [2.75, 3.05) is 18.1 Å². The van der Waals surface area contributed by atoms with E-state index < -0.39 is 0 Å². The van der Waals surface area contributed by atoms with Gasteiger partial charge in [0.15, 0.2) is 0 Å². The molecule has 2 aliphatic heterocycles. The third-order valence-electron chi connectivity index (χ3n) is 5.29. The summed E-state index contributed by atoms with van der Waals surface area (Å²) in [6.07, 6.45) is 3.67. The zero-order chi connectivity index (χ0) is 19.3. The zero-order valence-corrected chi connectivity index (χ0v) is 15.7. The summed E-state index contributed by atoms with van der Waals surface area (Å²) >= 11 is 0. The van der Waals surface area contributed by atoms with Crippen molar-refractivity contribution in [1.29, 1.82) is 5.26 Å². The van der Waals surface area contributed by atoms with Gasteiger partial charge in [-0.05, 0) is 47.7 Å². The molecule has 1 amide bonds. The molecule has 0 spiro atoms. The summed E-state index contributed by atoms with van der Waals surface area (Å²) < 4.78 is 5.50. The monoisotopic (exact) mass is 373 g/mol. The molecule has 28 heavy (non-hydrogen) atoms. The Bertz CT molecular complexity index is 897. The molecule has 2 aromatic rings. The second-order valence-corrected chi connectivity index (χ2v) is 7.23. The van der Waals surface area contributed by atoms with E-state index in [2.05, 4.69) is 34.5 Å². The Morgan fingerprint density at radius 1 is 1.18 bits per heavy atom. The highest BCUT2D eigenvalue weighted by atomic mass is 16.5. The first-order chi connectivity index (χ1) is 13.7. The molecule has 2 aliphatic rings. The maximum absolute atomic E-state index is 12.3. The average Bonchev–Trinajstić information content (AvgIpc) is 3.40. The lowest BCUT2D eigenvalue weighted by atomic mass is 10.1. The average molecular weight is 373 g/mol. The molecule has 0 bridgehead atoms. The van der Waals surface area contributed by atoms with Crippen LogP contribution >= 0.6 is 0 Å². The molecule has 4 rings (SSSR count). The van der Waals surface area contributed by atoms with Crippen LogP contribution < -0.4 is 10.2 Å². The Hall–Kier alpha value is -3.10. The van der Waals surface area contributed by atoms with E-state index in [1.54, 1.807) is 6.08 Å². The van der Waals surface area contributed by atoms with Gasteiger partial charge in [-0.1, -0.05) is 36.4 Å². The molecule has 0 saturated carbocycles. The van der Waals surface area contributed by atoms with Gasteiger partial charge in [-0.3, -0.25) is 4.79 Å². The quantitative estimate of drug-likeness (QED) is 0.644. The minimum Gasteiger partial charge on any atom is -0.376 e. The van der Waals surface area contributed by atoms with Crippen LogP contribution in [0.3, 0.4) is 0 Å². The first-order valence-corrected chi connectivity index (χ1v) is 9.66. The SMILES string of the molecule is N#CC(=Cc1ccc(N2Cc3ccccc3C2)cc1)C(=O)NCC1CCCO1. The van der Waals surface area contributed by atoms with Gasteiger partial charge in [0.05, 0.1) is 6.10 Å². The lowest BCUT2D eigenvalue weighted by Crippen LogP contribution is -2.32. The van der Waals surface area contributed by atoms with Gasteiger partial charge in [0.2, 0.25) is 0 Å². The van der Waals surface area contributed by atoms with Gasteiger partial charge in [0.25, 0.3) is 5.91 Å². The van der Waals surface area contributed by atoms with E-state index in [0.717, 1.165) is 43.8 Å². The topological polar surface area (TPSA) is 65.4 Å². The summed E-state index contributed by atoms with van der Waals surface area (Å²) in [5.41, 5.74) is 4.81. The Morgan fingerprint density at radius 3 is 2.50 bits per heavy atom. The number of amides is 1. The molecule has 1 fully saturated rings. The Kier molecular flexibility index (Phi) is 5.41. The molecule has 0 aromatic heterocycles. The minimum absolute atomic E-state index is 0.0627. The predicted molar refractivity (Wildman–Crippen MR) is 108 cm³/mol. The van der Waals surface area contributed by atoms with Crippen LogP contribution in [0.2, 0.25) is 0 Å². The van der Waals surface area contributed by atoms with E-state index in [1.807, 2.05) is 30.3 Å². The smallest absolute Gasteiger partial charge is 0.262 e. The number of carbonyl (C=O) groups is 1. The molecule has 1 N–H and O–H groups in total. The molecule has 0 radical (unpaired) electrons. The van der Waals surface area contributed by atoms with Gasteiger partial charge >= 0.3 is 0 Å². The number of fused-ring (bicyclic) bond motifs is 1. The summed E-state index contributed by atoms with van der Waals surface area (Å²) in [5.74, 6) is -0.350. The summed E-state index contributed by atoms with van der Waals surface area (Å²) in [4.78, 5) is 14.6. The van der Waals surface area contributed by atoms with Crippen LogP contribution in [0, 0.1) is 11.3 Å². The Morgan fingerprint density at radius 2 is 1.89 bits per heavy atom. The van der Waals surface area contributed by atoms with E-state index in [0.29, 0.717) is 6.54 Å². The largest absolute Gasteiger partial charge is 0.376 e. The lowest BCUT2D eigenvalue weighted by Gasteiger charge is -2.17. The fourth-order valence-corrected chi connectivity index (χ4v) is 3.72. The number of hydrogen-bond acceptors (Lipinski definition) is 4. The molecule has 5 heteroatoms. The molecule has 0 aliphatic carbocycles. The highest BCUT2D eigenvalue weighted by Gasteiger charge is 2.19. The van der Waals surface area contributed by atoms with Crippen molar-refractivity contribution in [2.45, 2.75) is 32.0 Å². The van der Waals surface area contributed by atoms with Crippen LogP contribution in [0.5, 0.6) is 0 Å². The zero-order valence-electron chi connectivity index (χ0n) is 15.7. The third kappa shape index (κ3) is 4.08. The van der Waals surface area contributed by atoms with Crippen molar-refractivity contribution in [1.82, 2.24) is 5.32 Å². The molecular formula is C23H23N3O2. The van der Waals surface area contributed by atoms with E-state index in [-0.39, 0.29) is 17.6 Å². The summed E-state index contributed by atoms with van der Waals surface area (Å²) in [7, 11) is 0. The number of nitrogens with one attached hydrogen (secondary N) is 1. The summed E-state index contributed by atoms with van der Waals surface area (Å²) in [5, 5.41) is 12.2. The fourth-order valence-electron chi connectivity index (χ4n) is 3.72. The van der Waals surface area contributed by atoms with E-state index >= 15 is 0 Å². The van der Waals surface area contributed by atoms with Crippen molar-refractivity contribution in [3.05, 3.63) is 70.8 Å². The van der Waals surface area contributed by atoms with Crippen molar-refractivity contribution < 1.29 is 9.53 Å². The van der Waals surface area contributed by atoms with E-state index in [9.17, 15) is 10.1 Å². The number of carbonyl (C=O) groups excluding carboxylic acids is 1. The standard InChI is InChI=1S/C23H23N3O2/c24-13-20(23(27)25-14-22-6-3-11-28-22)12-17-7-9-21(10-8-17)26-15-18-4-1-2-5-19(18)16-26/h1-2,4-5,7-10,12,22H,3,6,11,14-16H2,(H,25,27). The maximum Gasteiger partial charge on any atom is 0.262 e. The first kappa shape index (κ1) is 18.3. The highest BCUT2D eigenvalue weighted by Crippen LogP contribution is 2.28. The summed E-state index contributed by atoms with van der Waals surface area (Å²) in [6.45, 7) is 3.00. The van der Waals surface area contributed by atoms with Crippen molar-refractivity contribution in [2.24, 2.45) is 0 Å². The number of nitrogens with zero attached hydrogens (tertiary/aromatic N) is 2. The summed E-state index contributed by atoms with van der Waals surface area (Å²) in [6, 6.07) is 18.5. The Balaban J connectivity index is 1.40. The number of nitriles is 1. The number of benzene rings is 2. The van der Waals surface area contributed by atoms with Gasteiger partial charge in [-0.15, -0.1) is 0 Å². The lowest BCUT2D eigenvalue weighted by molar-refractivity contribution is -0.117.